The molecule has 0 aliphatic carbocycles. The number of rotatable bonds is 5. The van der Waals surface area contributed by atoms with Crippen molar-refractivity contribution < 1.29 is 28.0 Å². The minimum absolute atomic E-state index is 0.222. The third-order valence-corrected chi connectivity index (χ3v) is 1.96. The van der Waals surface area contributed by atoms with Crippen LogP contribution in [0.3, 0.4) is 0 Å². The maximum absolute atomic E-state index is 10.2. The smallest absolute Gasteiger partial charge is 0.317 e. The summed E-state index contributed by atoms with van der Waals surface area (Å²) in [5, 5.41) is 16.6. The number of hydrogen-bond donors (Lipinski definition) is 4. The van der Waals surface area contributed by atoms with Crippen LogP contribution in [0.1, 0.15) is 0 Å². The molecule has 0 saturated heterocycles. The summed E-state index contributed by atoms with van der Waals surface area (Å²) < 4.78 is 28.7. The predicted molar refractivity (Wildman–Crippen MR) is 57.7 cm³/mol. The SMILES string of the molecule is CN(C)CC(O)CS(=O)(=O)O.NCC(=O)O. The van der Waals surface area contributed by atoms with Gasteiger partial charge in [-0.2, -0.15) is 8.42 Å². The molecule has 0 aromatic heterocycles. The number of carboxylic acids is 1. The molecule has 0 rings (SSSR count). The first-order chi connectivity index (χ1) is 7.08. The number of aliphatic carboxylic acids is 1. The van der Waals surface area contributed by atoms with E-state index in [-0.39, 0.29) is 13.1 Å². The van der Waals surface area contributed by atoms with Crippen molar-refractivity contribution in [2.24, 2.45) is 5.73 Å². The average molecular weight is 258 g/mol. The fourth-order valence-electron chi connectivity index (χ4n) is 0.717. The lowest BCUT2D eigenvalue weighted by Gasteiger charge is -2.13. The van der Waals surface area contributed by atoms with Crippen LogP contribution in [0.2, 0.25) is 0 Å². The van der Waals surface area contributed by atoms with Crippen molar-refractivity contribution in [2.75, 3.05) is 32.9 Å². The largest absolute Gasteiger partial charge is 0.480 e. The van der Waals surface area contributed by atoms with E-state index in [4.69, 9.17) is 14.8 Å². The monoisotopic (exact) mass is 258 g/mol. The van der Waals surface area contributed by atoms with Crippen LogP contribution in [0.4, 0.5) is 0 Å². The third-order valence-electron chi connectivity index (χ3n) is 1.15. The van der Waals surface area contributed by atoms with Crippen molar-refractivity contribution >= 4 is 16.1 Å². The number of nitrogens with two attached hydrogens (primary N) is 1. The van der Waals surface area contributed by atoms with E-state index in [0.717, 1.165) is 0 Å². The molecule has 5 N–H and O–H groups in total. The summed E-state index contributed by atoms with van der Waals surface area (Å²) in [5.74, 6) is -1.57. The Balaban J connectivity index is 0. The summed E-state index contributed by atoms with van der Waals surface area (Å²) >= 11 is 0. The first-order valence-corrected chi connectivity index (χ1v) is 5.89. The van der Waals surface area contributed by atoms with Crippen LogP contribution in [0.25, 0.3) is 0 Å². The number of aliphatic hydroxyl groups excluding tert-OH is 1. The molecular formula is C7H18N2O6S. The van der Waals surface area contributed by atoms with E-state index in [9.17, 15) is 13.2 Å². The molecule has 0 heterocycles. The van der Waals surface area contributed by atoms with Gasteiger partial charge in [0.25, 0.3) is 10.1 Å². The van der Waals surface area contributed by atoms with Gasteiger partial charge in [0.05, 0.1) is 12.6 Å². The molecule has 0 radical (unpaired) electrons. The van der Waals surface area contributed by atoms with Crippen molar-refractivity contribution in [3.05, 3.63) is 0 Å². The Labute approximate surface area is 94.4 Å². The molecule has 0 spiro atoms. The maximum Gasteiger partial charge on any atom is 0.317 e. The quantitative estimate of drug-likeness (QED) is 0.408. The first-order valence-electron chi connectivity index (χ1n) is 4.28. The predicted octanol–water partition coefficient (Wildman–Crippen LogP) is -2.17. The van der Waals surface area contributed by atoms with Gasteiger partial charge in [0.1, 0.15) is 5.75 Å². The molecule has 8 nitrogen and oxygen atoms in total. The van der Waals surface area contributed by atoms with Crippen LogP contribution in [0.5, 0.6) is 0 Å². The number of likely N-dealkylation sites (N-methyl/N-ethyl adjacent to an activating group) is 1. The highest BCUT2D eigenvalue weighted by atomic mass is 32.2. The van der Waals surface area contributed by atoms with Gasteiger partial charge in [-0.25, -0.2) is 0 Å². The normalized spacial score (nSPS) is 12.9. The molecule has 98 valence electrons. The Morgan fingerprint density at radius 2 is 1.81 bits per heavy atom. The van der Waals surface area contributed by atoms with Crippen LogP contribution in [-0.4, -0.2) is 73.1 Å². The average Bonchev–Trinajstić information content (AvgIpc) is 1.99. The summed E-state index contributed by atoms with van der Waals surface area (Å²) in [6.07, 6.45) is -1.03. The summed E-state index contributed by atoms with van der Waals surface area (Å²) in [7, 11) is -0.642. The Morgan fingerprint density at radius 1 is 1.44 bits per heavy atom. The Hall–Kier alpha value is -0.740. The Morgan fingerprint density at radius 3 is 2.00 bits per heavy atom. The van der Waals surface area contributed by atoms with E-state index in [0.29, 0.717) is 0 Å². The molecule has 0 aromatic rings. The van der Waals surface area contributed by atoms with Crippen LogP contribution in [0.15, 0.2) is 0 Å². The second-order valence-electron chi connectivity index (χ2n) is 3.26. The first kappa shape index (κ1) is 17.6. The Kier molecular flexibility index (Phi) is 9.28. The molecule has 1 atom stereocenters. The molecule has 0 aliphatic rings. The topological polar surface area (TPSA) is 141 Å². The van der Waals surface area contributed by atoms with Gasteiger partial charge in [-0.3, -0.25) is 9.35 Å². The van der Waals surface area contributed by atoms with E-state index in [2.05, 4.69) is 5.73 Å². The zero-order valence-corrected chi connectivity index (χ0v) is 10.0. The molecule has 0 bridgehead atoms. The number of hydrogen-bond acceptors (Lipinski definition) is 6. The second-order valence-corrected chi connectivity index (χ2v) is 4.76. The summed E-state index contributed by atoms with van der Waals surface area (Å²) in [6.45, 7) is -0.0558. The molecule has 16 heavy (non-hydrogen) atoms. The third kappa shape index (κ3) is 18.9. The van der Waals surface area contributed by atoms with E-state index >= 15 is 0 Å². The number of carboxylic acid groups (broad SMARTS) is 1. The van der Waals surface area contributed by atoms with Gasteiger partial charge >= 0.3 is 5.97 Å². The fourth-order valence-corrected chi connectivity index (χ4v) is 1.31. The van der Waals surface area contributed by atoms with Crippen molar-refractivity contribution in [2.45, 2.75) is 6.10 Å². The molecule has 0 aromatic carbocycles. The second kappa shape index (κ2) is 8.42. The highest BCUT2D eigenvalue weighted by Crippen LogP contribution is 1.91. The van der Waals surface area contributed by atoms with Crippen molar-refractivity contribution in [3.63, 3.8) is 0 Å². The van der Waals surface area contributed by atoms with Crippen molar-refractivity contribution in [1.29, 1.82) is 0 Å². The summed E-state index contributed by atoms with van der Waals surface area (Å²) in [6, 6.07) is 0. The molecule has 0 fully saturated rings. The number of aliphatic hydroxyl groups is 1. The van der Waals surface area contributed by atoms with Gasteiger partial charge in [0.15, 0.2) is 0 Å². The molecule has 0 aliphatic heterocycles. The zero-order valence-electron chi connectivity index (χ0n) is 9.20. The van der Waals surface area contributed by atoms with Gasteiger partial charge < -0.3 is 20.8 Å². The van der Waals surface area contributed by atoms with Crippen LogP contribution >= 0.6 is 0 Å². The molecule has 9 heteroatoms. The molecule has 1 unspecified atom stereocenters. The summed E-state index contributed by atoms with van der Waals surface area (Å²) in [5.41, 5.74) is 4.57. The highest BCUT2D eigenvalue weighted by molar-refractivity contribution is 7.85. The van der Waals surface area contributed by atoms with Crippen molar-refractivity contribution in [3.8, 4) is 0 Å². The lowest BCUT2D eigenvalue weighted by atomic mass is 10.4. The van der Waals surface area contributed by atoms with E-state index in [1.807, 2.05) is 0 Å². The van der Waals surface area contributed by atoms with Crippen LogP contribution in [-0.2, 0) is 14.9 Å². The Bertz CT molecular complexity index is 289. The van der Waals surface area contributed by atoms with E-state index in [1.54, 1.807) is 19.0 Å². The van der Waals surface area contributed by atoms with Gasteiger partial charge in [-0.15, -0.1) is 0 Å². The number of carbonyl (C=O) groups is 1. The van der Waals surface area contributed by atoms with Crippen molar-refractivity contribution in [1.82, 2.24) is 4.90 Å². The van der Waals surface area contributed by atoms with Crippen LogP contribution in [0, 0.1) is 0 Å². The molecule has 0 amide bonds. The fraction of sp³-hybridized carbons (Fsp3) is 0.857. The maximum atomic E-state index is 10.2. The molecule has 0 saturated carbocycles. The van der Waals surface area contributed by atoms with Gasteiger partial charge in [-0.05, 0) is 14.1 Å². The van der Waals surface area contributed by atoms with E-state index < -0.39 is 27.9 Å². The lowest BCUT2D eigenvalue weighted by molar-refractivity contribution is -0.135. The van der Waals surface area contributed by atoms with E-state index in [1.165, 1.54) is 0 Å². The van der Waals surface area contributed by atoms with Gasteiger partial charge in [0.2, 0.25) is 0 Å². The lowest BCUT2D eigenvalue weighted by Crippen LogP contribution is -2.31. The number of nitrogens with zero attached hydrogens (tertiary/aromatic N) is 1. The highest BCUT2D eigenvalue weighted by Gasteiger charge is 2.14. The van der Waals surface area contributed by atoms with Crippen LogP contribution < -0.4 is 5.73 Å². The minimum Gasteiger partial charge on any atom is -0.480 e. The standard InChI is InChI=1S/C5H13NO4S.C2H5NO2/c1-6(2)3-5(7)4-11(8,9)10;3-1-2(4)5/h5,7H,3-4H2,1-2H3,(H,8,9,10);1,3H2,(H,4,5). The minimum atomic E-state index is -4.05. The van der Waals surface area contributed by atoms with Gasteiger partial charge in [0, 0.05) is 6.54 Å². The summed E-state index contributed by atoms with van der Waals surface area (Å²) in [4.78, 5) is 10.9. The molecular weight excluding hydrogens is 240 g/mol. The zero-order chi connectivity index (χ0) is 13.4. The van der Waals surface area contributed by atoms with Gasteiger partial charge in [-0.1, -0.05) is 0 Å².